The van der Waals surface area contributed by atoms with Gasteiger partial charge in [-0.05, 0) is 25.1 Å². The first kappa shape index (κ1) is 10.4. The highest BCUT2D eigenvalue weighted by Crippen LogP contribution is 2.11. The van der Waals surface area contributed by atoms with Gasteiger partial charge in [-0.1, -0.05) is 13.8 Å². The van der Waals surface area contributed by atoms with Gasteiger partial charge in [0.1, 0.15) is 12.1 Å². The first-order chi connectivity index (χ1) is 6.79. The summed E-state index contributed by atoms with van der Waals surface area (Å²) in [5.74, 6) is 0.869. The number of rotatable bonds is 1. The second kappa shape index (κ2) is 4.56. The fourth-order valence-electron chi connectivity index (χ4n) is 1.23. The number of aryl methyl sites for hydroxylation is 1. The standard InChI is InChI=1S/C9H8N2O.C2H6/c1-6-10-8-3-2-7(5-12)4-9(8)11-6;1-2/h2-5H,1H3,(H,10,11);1-2H3. The fourth-order valence-corrected chi connectivity index (χ4v) is 1.23. The maximum Gasteiger partial charge on any atom is 0.150 e. The van der Waals surface area contributed by atoms with Crippen LogP contribution in [0, 0.1) is 6.92 Å². The van der Waals surface area contributed by atoms with Crippen molar-refractivity contribution in [1.82, 2.24) is 9.97 Å². The molecule has 1 N–H and O–H groups in total. The van der Waals surface area contributed by atoms with Gasteiger partial charge < -0.3 is 4.98 Å². The van der Waals surface area contributed by atoms with Crippen LogP contribution in [0.2, 0.25) is 0 Å². The summed E-state index contributed by atoms with van der Waals surface area (Å²) >= 11 is 0. The lowest BCUT2D eigenvalue weighted by molar-refractivity contribution is 0.112. The van der Waals surface area contributed by atoms with Gasteiger partial charge in [0.05, 0.1) is 11.0 Å². The van der Waals surface area contributed by atoms with Crippen molar-refractivity contribution in [2.45, 2.75) is 20.8 Å². The van der Waals surface area contributed by atoms with Crippen LogP contribution in [-0.2, 0) is 0 Å². The average Bonchev–Trinajstić information content (AvgIpc) is 2.59. The number of fused-ring (bicyclic) bond motifs is 1. The van der Waals surface area contributed by atoms with Crippen LogP contribution in [0.15, 0.2) is 18.2 Å². The van der Waals surface area contributed by atoms with Gasteiger partial charge in [-0.2, -0.15) is 0 Å². The number of nitrogens with zero attached hydrogens (tertiary/aromatic N) is 1. The molecular formula is C11H14N2O. The van der Waals surface area contributed by atoms with E-state index in [-0.39, 0.29) is 0 Å². The minimum absolute atomic E-state index is 0.672. The third-order valence-electron chi connectivity index (χ3n) is 1.76. The molecule has 0 radical (unpaired) electrons. The summed E-state index contributed by atoms with van der Waals surface area (Å²) in [6.07, 6.45) is 0.829. The van der Waals surface area contributed by atoms with Crippen molar-refractivity contribution < 1.29 is 4.79 Å². The van der Waals surface area contributed by atoms with E-state index in [4.69, 9.17) is 0 Å². The van der Waals surface area contributed by atoms with Crippen LogP contribution in [0.3, 0.4) is 0 Å². The van der Waals surface area contributed by atoms with Gasteiger partial charge in [-0.15, -0.1) is 0 Å². The van der Waals surface area contributed by atoms with Gasteiger partial charge in [0.15, 0.2) is 0 Å². The molecule has 0 saturated heterocycles. The number of carbonyl (C=O) groups excluding carboxylic acids is 1. The molecule has 1 heterocycles. The lowest BCUT2D eigenvalue weighted by Gasteiger charge is -1.88. The first-order valence-electron chi connectivity index (χ1n) is 4.71. The molecule has 0 aliphatic heterocycles. The summed E-state index contributed by atoms with van der Waals surface area (Å²) in [5.41, 5.74) is 2.49. The molecule has 0 saturated carbocycles. The summed E-state index contributed by atoms with van der Waals surface area (Å²) in [4.78, 5) is 17.7. The number of aromatic nitrogens is 2. The highest BCUT2D eigenvalue weighted by molar-refractivity contribution is 5.84. The van der Waals surface area contributed by atoms with Crippen LogP contribution in [0.5, 0.6) is 0 Å². The Kier molecular flexibility index (Phi) is 3.40. The van der Waals surface area contributed by atoms with Crippen LogP contribution in [0.25, 0.3) is 11.0 Å². The lowest BCUT2D eigenvalue weighted by Crippen LogP contribution is -1.77. The van der Waals surface area contributed by atoms with Crippen molar-refractivity contribution >= 4 is 17.3 Å². The predicted octanol–water partition coefficient (Wildman–Crippen LogP) is 2.71. The molecule has 0 bridgehead atoms. The van der Waals surface area contributed by atoms with Crippen LogP contribution in [-0.4, -0.2) is 16.3 Å². The highest BCUT2D eigenvalue weighted by Gasteiger charge is 1.98. The summed E-state index contributed by atoms with van der Waals surface area (Å²) in [7, 11) is 0. The summed E-state index contributed by atoms with van der Waals surface area (Å²) < 4.78 is 0. The van der Waals surface area contributed by atoms with E-state index in [0.29, 0.717) is 5.56 Å². The van der Waals surface area contributed by atoms with Gasteiger partial charge in [-0.25, -0.2) is 4.98 Å². The summed E-state index contributed by atoms with van der Waals surface area (Å²) in [5, 5.41) is 0. The molecule has 1 aromatic heterocycles. The minimum atomic E-state index is 0.672. The summed E-state index contributed by atoms with van der Waals surface area (Å²) in [6.45, 7) is 5.89. The fraction of sp³-hybridized carbons (Fsp3) is 0.273. The number of aromatic amines is 1. The van der Waals surface area contributed by atoms with Crippen molar-refractivity contribution in [3.05, 3.63) is 29.6 Å². The van der Waals surface area contributed by atoms with E-state index >= 15 is 0 Å². The molecule has 0 fully saturated rings. The van der Waals surface area contributed by atoms with Gasteiger partial charge in [-0.3, -0.25) is 4.79 Å². The summed E-state index contributed by atoms with van der Waals surface area (Å²) in [6, 6.07) is 5.39. The van der Waals surface area contributed by atoms with Crippen LogP contribution in [0.4, 0.5) is 0 Å². The average molecular weight is 190 g/mol. The van der Waals surface area contributed by atoms with Crippen molar-refractivity contribution in [1.29, 1.82) is 0 Å². The zero-order valence-electron chi connectivity index (χ0n) is 8.66. The zero-order valence-corrected chi connectivity index (χ0v) is 8.66. The number of carbonyl (C=O) groups is 1. The van der Waals surface area contributed by atoms with Crippen molar-refractivity contribution in [2.75, 3.05) is 0 Å². The maximum atomic E-state index is 10.4. The van der Waals surface area contributed by atoms with Crippen LogP contribution in [0.1, 0.15) is 30.0 Å². The molecule has 2 rings (SSSR count). The number of imidazole rings is 1. The molecule has 74 valence electrons. The normalized spacial score (nSPS) is 9.36. The van der Waals surface area contributed by atoms with E-state index in [1.165, 1.54) is 0 Å². The van der Waals surface area contributed by atoms with Crippen molar-refractivity contribution in [3.8, 4) is 0 Å². The van der Waals surface area contributed by atoms with E-state index in [2.05, 4.69) is 9.97 Å². The second-order valence-electron chi connectivity index (χ2n) is 2.72. The second-order valence-corrected chi connectivity index (χ2v) is 2.72. The Morgan fingerprint density at radius 2 is 2.07 bits per heavy atom. The molecule has 3 heteroatoms. The first-order valence-corrected chi connectivity index (χ1v) is 4.71. The predicted molar refractivity (Wildman–Crippen MR) is 57.6 cm³/mol. The van der Waals surface area contributed by atoms with Crippen molar-refractivity contribution in [2.24, 2.45) is 0 Å². The Hall–Kier alpha value is -1.64. The molecule has 0 aliphatic carbocycles. The monoisotopic (exact) mass is 190 g/mol. The number of nitrogens with one attached hydrogen (secondary N) is 1. The number of hydrogen-bond acceptors (Lipinski definition) is 2. The smallest absolute Gasteiger partial charge is 0.150 e. The number of hydrogen-bond donors (Lipinski definition) is 1. The van der Waals surface area contributed by atoms with Gasteiger partial charge in [0.25, 0.3) is 0 Å². The molecule has 0 atom stereocenters. The molecule has 2 aromatic rings. The molecule has 0 spiro atoms. The highest BCUT2D eigenvalue weighted by atomic mass is 16.1. The molecule has 14 heavy (non-hydrogen) atoms. The largest absolute Gasteiger partial charge is 0.342 e. The number of benzene rings is 1. The van der Waals surface area contributed by atoms with E-state index in [0.717, 1.165) is 23.1 Å². The minimum Gasteiger partial charge on any atom is -0.342 e. The van der Waals surface area contributed by atoms with Crippen LogP contribution < -0.4 is 0 Å². The Morgan fingerprint density at radius 3 is 2.71 bits per heavy atom. The maximum absolute atomic E-state index is 10.4. The van der Waals surface area contributed by atoms with Crippen LogP contribution >= 0.6 is 0 Å². The molecule has 0 amide bonds. The third-order valence-corrected chi connectivity index (χ3v) is 1.76. The Morgan fingerprint density at radius 1 is 1.36 bits per heavy atom. The molecular weight excluding hydrogens is 176 g/mol. The van der Waals surface area contributed by atoms with Gasteiger partial charge in [0, 0.05) is 5.56 Å². The molecule has 0 unspecified atom stereocenters. The van der Waals surface area contributed by atoms with E-state index in [1.54, 1.807) is 12.1 Å². The Labute approximate surface area is 83.2 Å². The Balaban J connectivity index is 0.000000461. The number of H-pyrrole nitrogens is 1. The lowest BCUT2D eigenvalue weighted by atomic mass is 10.2. The van der Waals surface area contributed by atoms with E-state index < -0.39 is 0 Å². The molecule has 0 aliphatic rings. The van der Waals surface area contributed by atoms with Gasteiger partial charge in [0.2, 0.25) is 0 Å². The van der Waals surface area contributed by atoms with Gasteiger partial charge >= 0.3 is 0 Å². The Bertz CT molecular complexity index is 432. The molecule has 3 nitrogen and oxygen atoms in total. The van der Waals surface area contributed by atoms with E-state index in [1.807, 2.05) is 26.8 Å². The van der Waals surface area contributed by atoms with Crippen molar-refractivity contribution in [3.63, 3.8) is 0 Å². The van der Waals surface area contributed by atoms with E-state index in [9.17, 15) is 4.79 Å². The topological polar surface area (TPSA) is 45.8 Å². The zero-order chi connectivity index (χ0) is 10.6. The quantitative estimate of drug-likeness (QED) is 0.703. The number of aldehydes is 1. The molecule has 1 aromatic carbocycles. The SMILES string of the molecule is CC.Cc1nc2ccc(C=O)cc2[nH]1. The third kappa shape index (κ3) is 1.99.